The summed E-state index contributed by atoms with van der Waals surface area (Å²) in [5, 5.41) is 0. The minimum atomic E-state index is 0. The van der Waals surface area contributed by atoms with Crippen LogP contribution in [0.2, 0.25) is 0 Å². The second-order valence-electron chi connectivity index (χ2n) is 0.899. The molecular formula is C8H26O2. The van der Waals surface area contributed by atoms with E-state index in [4.69, 9.17) is 4.74 Å². The molecule has 0 atom stereocenters. The molecule has 2 nitrogen and oxygen atoms in total. The van der Waals surface area contributed by atoms with Crippen LogP contribution in [0.25, 0.3) is 0 Å². The van der Waals surface area contributed by atoms with Crippen molar-refractivity contribution in [3.8, 4) is 0 Å². The van der Waals surface area contributed by atoms with Crippen molar-refractivity contribution in [1.29, 1.82) is 0 Å². The van der Waals surface area contributed by atoms with Crippen LogP contribution in [-0.4, -0.2) is 20.5 Å². The monoisotopic (exact) mass is 154 g/mol. The van der Waals surface area contributed by atoms with E-state index in [0.29, 0.717) is 6.79 Å². The summed E-state index contributed by atoms with van der Waals surface area (Å²) in [7, 11) is 1.61. The molecule has 0 spiro atoms. The van der Waals surface area contributed by atoms with Gasteiger partial charge in [0.2, 0.25) is 0 Å². The highest BCUT2D eigenvalue weighted by atomic mass is 16.7. The van der Waals surface area contributed by atoms with Crippen LogP contribution < -0.4 is 0 Å². The molecule has 0 aromatic heterocycles. The minimum Gasteiger partial charge on any atom is -0.359 e. The SMILES string of the molecule is C.C.C.C.CCOCOC. The van der Waals surface area contributed by atoms with Crippen molar-refractivity contribution >= 4 is 0 Å². The minimum absolute atomic E-state index is 0. The summed E-state index contributed by atoms with van der Waals surface area (Å²) in [6.45, 7) is 3.07. The number of hydrogen-bond acceptors (Lipinski definition) is 2. The van der Waals surface area contributed by atoms with Crippen LogP contribution in [0, 0.1) is 0 Å². The lowest BCUT2D eigenvalue weighted by molar-refractivity contribution is -0.0250. The van der Waals surface area contributed by atoms with Gasteiger partial charge in [-0.2, -0.15) is 0 Å². The molecule has 0 saturated heterocycles. The first-order chi connectivity index (χ1) is 2.91. The Morgan fingerprint density at radius 2 is 1.40 bits per heavy atom. The highest BCUT2D eigenvalue weighted by molar-refractivity contribution is 4.02. The van der Waals surface area contributed by atoms with Crippen molar-refractivity contribution in [2.75, 3.05) is 20.5 Å². The van der Waals surface area contributed by atoms with Gasteiger partial charge in [-0.15, -0.1) is 0 Å². The first-order valence-corrected chi connectivity index (χ1v) is 1.98. The highest BCUT2D eigenvalue weighted by Crippen LogP contribution is 1.68. The Morgan fingerprint density at radius 1 is 1.00 bits per heavy atom. The topological polar surface area (TPSA) is 18.5 Å². The number of methoxy groups -OCH3 is 1. The van der Waals surface area contributed by atoms with E-state index >= 15 is 0 Å². The lowest BCUT2D eigenvalue weighted by Crippen LogP contribution is -1.93. The summed E-state index contributed by atoms with van der Waals surface area (Å²) >= 11 is 0. The normalized spacial score (nSPS) is 5.40. The van der Waals surface area contributed by atoms with Gasteiger partial charge >= 0.3 is 0 Å². The van der Waals surface area contributed by atoms with Gasteiger partial charge in [0, 0.05) is 13.7 Å². The smallest absolute Gasteiger partial charge is 0.146 e. The second-order valence-corrected chi connectivity index (χ2v) is 0.899. The van der Waals surface area contributed by atoms with Gasteiger partial charge in [-0.3, -0.25) is 0 Å². The zero-order valence-corrected chi connectivity index (χ0v) is 4.23. The van der Waals surface area contributed by atoms with E-state index in [-0.39, 0.29) is 29.7 Å². The van der Waals surface area contributed by atoms with Gasteiger partial charge in [-0.25, -0.2) is 0 Å². The third kappa shape index (κ3) is 44.5. The molecule has 0 fully saturated rings. The van der Waals surface area contributed by atoms with E-state index in [2.05, 4.69) is 4.74 Å². The molecule has 0 bridgehead atoms. The van der Waals surface area contributed by atoms with Crippen LogP contribution in [0.5, 0.6) is 0 Å². The maximum absolute atomic E-state index is 4.76. The highest BCUT2D eigenvalue weighted by Gasteiger charge is 1.71. The largest absolute Gasteiger partial charge is 0.359 e. The Kier molecular flexibility index (Phi) is 119. The molecule has 0 saturated carbocycles. The first kappa shape index (κ1) is 32.6. The maximum Gasteiger partial charge on any atom is 0.146 e. The predicted octanol–water partition coefficient (Wildman–Crippen LogP) is 3.17. The fourth-order valence-electron chi connectivity index (χ4n) is 0.167. The molecule has 0 amide bonds. The molecule has 0 heterocycles. The first-order valence-electron chi connectivity index (χ1n) is 1.98. The third-order valence-corrected chi connectivity index (χ3v) is 0.405. The average molecular weight is 154 g/mol. The van der Waals surface area contributed by atoms with Crippen molar-refractivity contribution < 1.29 is 9.47 Å². The summed E-state index contributed by atoms with van der Waals surface area (Å²) in [4.78, 5) is 0. The van der Waals surface area contributed by atoms with E-state index in [9.17, 15) is 0 Å². The van der Waals surface area contributed by atoms with E-state index in [0.717, 1.165) is 6.61 Å². The zero-order valence-electron chi connectivity index (χ0n) is 4.23. The molecule has 10 heavy (non-hydrogen) atoms. The molecule has 70 valence electrons. The Labute approximate surface area is 67.5 Å². The molecule has 0 aromatic carbocycles. The Bertz CT molecular complexity index is 19.2. The van der Waals surface area contributed by atoms with Gasteiger partial charge in [0.15, 0.2) is 0 Å². The van der Waals surface area contributed by atoms with Crippen LogP contribution in [0.15, 0.2) is 0 Å². The summed E-state index contributed by atoms with van der Waals surface area (Å²) in [6, 6.07) is 0. The second kappa shape index (κ2) is 36.4. The van der Waals surface area contributed by atoms with Crippen molar-refractivity contribution in [2.24, 2.45) is 0 Å². The number of rotatable bonds is 3. The van der Waals surface area contributed by atoms with Gasteiger partial charge in [-0.05, 0) is 6.92 Å². The van der Waals surface area contributed by atoms with Gasteiger partial charge < -0.3 is 9.47 Å². The summed E-state index contributed by atoms with van der Waals surface area (Å²) < 4.78 is 9.32. The zero-order chi connectivity index (χ0) is 4.83. The van der Waals surface area contributed by atoms with Crippen LogP contribution >= 0.6 is 0 Å². The molecule has 0 unspecified atom stereocenters. The molecule has 0 rings (SSSR count). The van der Waals surface area contributed by atoms with E-state index in [1.54, 1.807) is 7.11 Å². The van der Waals surface area contributed by atoms with E-state index in [1.165, 1.54) is 0 Å². The van der Waals surface area contributed by atoms with Crippen LogP contribution in [0.3, 0.4) is 0 Å². The third-order valence-electron chi connectivity index (χ3n) is 0.405. The number of hydrogen-bond donors (Lipinski definition) is 0. The van der Waals surface area contributed by atoms with Gasteiger partial charge in [0.1, 0.15) is 6.79 Å². The summed E-state index contributed by atoms with van der Waals surface area (Å²) in [5.74, 6) is 0. The predicted molar refractivity (Wildman–Crippen MR) is 50.4 cm³/mol. The molecule has 0 aliphatic heterocycles. The maximum atomic E-state index is 4.76. The summed E-state index contributed by atoms with van der Waals surface area (Å²) in [5.41, 5.74) is 0. The molecular weight excluding hydrogens is 128 g/mol. The van der Waals surface area contributed by atoms with Crippen molar-refractivity contribution in [3.63, 3.8) is 0 Å². The molecule has 0 aliphatic rings. The fraction of sp³-hybridized carbons (Fsp3) is 1.00. The molecule has 0 aliphatic carbocycles. The van der Waals surface area contributed by atoms with E-state index in [1.807, 2.05) is 6.92 Å². The van der Waals surface area contributed by atoms with Gasteiger partial charge in [0.05, 0.1) is 0 Å². The fourth-order valence-corrected chi connectivity index (χ4v) is 0.167. The van der Waals surface area contributed by atoms with Crippen LogP contribution in [-0.2, 0) is 9.47 Å². The van der Waals surface area contributed by atoms with Crippen molar-refractivity contribution in [3.05, 3.63) is 0 Å². The average Bonchev–Trinajstić information content (AvgIpc) is 1.61. The number of ether oxygens (including phenoxy) is 2. The molecule has 0 N–H and O–H groups in total. The quantitative estimate of drug-likeness (QED) is 0.459. The standard InChI is InChI=1S/C4H10O2.4CH4/c1-3-6-4-5-2;;;;/h3-4H2,1-2H3;4*1H4. The van der Waals surface area contributed by atoms with Gasteiger partial charge in [-0.1, -0.05) is 29.7 Å². The van der Waals surface area contributed by atoms with Crippen molar-refractivity contribution in [1.82, 2.24) is 0 Å². The summed E-state index contributed by atoms with van der Waals surface area (Å²) in [6.07, 6.45) is 0. The van der Waals surface area contributed by atoms with Crippen LogP contribution in [0.4, 0.5) is 0 Å². The Morgan fingerprint density at radius 3 is 1.50 bits per heavy atom. The lowest BCUT2D eigenvalue weighted by Gasteiger charge is -1.93. The Hall–Kier alpha value is -0.0800. The van der Waals surface area contributed by atoms with E-state index < -0.39 is 0 Å². The Balaban J connectivity index is -0.0000000208. The van der Waals surface area contributed by atoms with Crippen molar-refractivity contribution in [2.45, 2.75) is 36.6 Å². The lowest BCUT2D eigenvalue weighted by atomic mass is 10.9. The molecule has 0 radical (unpaired) electrons. The molecule has 2 heteroatoms. The molecule has 0 aromatic rings. The van der Waals surface area contributed by atoms with Crippen LogP contribution in [0.1, 0.15) is 36.6 Å². The van der Waals surface area contributed by atoms with Gasteiger partial charge in [0.25, 0.3) is 0 Å².